The van der Waals surface area contributed by atoms with Crippen LogP contribution in [0, 0.1) is 12.7 Å². The standard InChI is InChI=1S/C18H25FN6/c1-3-20-18(21-9-8-14-6-7-15(19)11-13(14)2)22-12-17-24-23-16-5-4-10-25(16)17/h6-7,11H,3-5,8-10,12H2,1-2H3,(H2,20,21,22). The zero-order valence-electron chi connectivity index (χ0n) is 14.8. The Balaban J connectivity index is 1.57. The first-order chi connectivity index (χ1) is 12.2. The van der Waals surface area contributed by atoms with Crippen LogP contribution in [0.2, 0.25) is 0 Å². The first-order valence-corrected chi connectivity index (χ1v) is 8.85. The molecule has 2 N–H and O–H groups in total. The summed E-state index contributed by atoms with van der Waals surface area (Å²) in [5.74, 6) is 2.55. The molecule has 0 fully saturated rings. The number of hydrogen-bond acceptors (Lipinski definition) is 3. The third-order valence-corrected chi connectivity index (χ3v) is 4.40. The molecule has 1 aliphatic heterocycles. The van der Waals surface area contributed by atoms with Gasteiger partial charge in [-0.05, 0) is 49.9 Å². The predicted octanol–water partition coefficient (Wildman–Crippen LogP) is 1.97. The monoisotopic (exact) mass is 344 g/mol. The van der Waals surface area contributed by atoms with Gasteiger partial charge in [-0.25, -0.2) is 9.38 Å². The summed E-state index contributed by atoms with van der Waals surface area (Å²) in [6, 6.07) is 4.92. The maximum atomic E-state index is 13.2. The zero-order chi connectivity index (χ0) is 17.6. The number of rotatable bonds is 6. The molecule has 1 aromatic heterocycles. The lowest BCUT2D eigenvalue weighted by Gasteiger charge is -2.12. The molecule has 3 rings (SSSR count). The van der Waals surface area contributed by atoms with E-state index >= 15 is 0 Å². The molecule has 7 heteroatoms. The third kappa shape index (κ3) is 4.35. The second kappa shape index (κ2) is 8.09. The van der Waals surface area contributed by atoms with Crippen molar-refractivity contribution in [1.29, 1.82) is 0 Å². The highest BCUT2D eigenvalue weighted by molar-refractivity contribution is 5.79. The summed E-state index contributed by atoms with van der Waals surface area (Å²) in [5, 5.41) is 15.0. The maximum Gasteiger partial charge on any atom is 0.191 e. The van der Waals surface area contributed by atoms with Gasteiger partial charge in [0.05, 0.1) is 0 Å². The Kier molecular flexibility index (Phi) is 5.63. The molecule has 0 radical (unpaired) electrons. The van der Waals surface area contributed by atoms with Gasteiger partial charge >= 0.3 is 0 Å². The Morgan fingerprint density at radius 3 is 3.00 bits per heavy atom. The number of nitrogens with one attached hydrogen (secondary N) is 2. The molecule has 0 bridgehead atoms. The normalized spacial score (nSPS) is 13.8. The average Bonchev–Trinajstić information content (AvgIpc) is 3.18. The molecule has 0 unspecified atom stereocenters. The molecule has 0 amide bonds. The third-order valence-electron chi connectivity index (χ3n) is 4.40. The molecular formula is C18H25FN6. The van der Waals surface area contributed by atoms with Crippen molar-refractivity contribution in [3.05, 3.63) is 46.8 Å². The molecule has 2 heterocycles. The highest BCUT2D eigenvalue weighted by atomic mass is 19.1. The Hall–Kier alpha value is -2.44. The van der Waals surface area contributed by atoms with Gasteiger partial charge in [0.1, 0.15) is 18.2 Å². The fraction of sp³-hybridized carbons (Fsp3) is 0.500. The fourth-order valence-electron chi connectivity index (χ4n) is 3.07. The van der Waals surface area contributed by atoms with Crippen molar-refractivity contribution in [2.45, 2.75) is 46.2 Å². The Labute approximate surface area is 147 Å². The van der Waals surface area contributed by atoms with E-state index in [1.165, 1.54) is 6.07 Å². The van der Waals surface area contributed by atoms with Crippen molar-refractivity contribution < 1.29 is 4.39 Å². The van der Waals surface area contributed by atoms with Crippen molar-refractivity contribution >= 4 is 5.96 Å². The van der Waals surface area contributed by atoms with Gasteiger partial charge in [-0.1, -0.05) is 6.07 Å². The zero-order valence-corrected chi connectivity index (χ0v) is 14.8. The molecule has 0 saturated carbocycles. The van der Waals surface area contributed by atoms with Gasteiger partial charge in [-0.3, -0.25) is 0 Å². The molecule has 1 aliphatic rings. The van der Waals surface area contributed by atoms with E-state index in [2.05, 4.69) is 30.4 Å². The molecule has 0 aliphatic carbocycles. The van der Waals surface area contributed by atoms with Gasteiger partial charge in [-0.15, -0.1) is 10.2 Å². The van der Waals surface area contributed by atoms with Crippen LogP contribution in [0.4, 0.5) is 4.39 Å². The van der Waals surface area contributed by atoms with Crippen molar-refractivity contribution in [3.8, 4) is 0 Å². The Bertz CT molecular complexity index is 752. The maximum absolute atomic E-state index is 13.2. The van der Waals surface area contributed by atoms with Gasteiger partial charge in [0.25, 0.3) is 0 Å². The molecule has 0 saturated heterocycles. The highest BCUT2D eigenvalue weighted by Crippen LogP contribution is 2.14. The lowest BCUT2D eigenvalue weighted by molar-refractivity contribution is 0.625. The van der Waals surface area contributed by atoms with E-state index in [0.29, 0.717) is 6.54 Å². The van der Waals surface area contributed by atoms with Crippen LogP contribution < -0.4 is 10.6 Å². The SMILES string of the molecule is CCNC(=NCc1nnc2n1CCC2)NCCc1ccc(F)cc1C. The average molecular weight is 344 g/mol. The fourth-order valence-corrected chi connectivity index (χ4v) is 3.07. The second-order valence-electron chi connectivity index (χ2n) is 6.23. The van der Waals surface area contributed by atoms with Gasteiger partial charge < -0.3 is 15.2 Å². The van der Waals surface area contributed by atoms with Gasteiger partial charge in [0.2, 0.25) is 0 Å². The molecule has 6 nitrogen and oxygen atoms in total. The van der Waals surface area contributed by atoms with Crippen molar-refractivity contribution in [3.63, 3.8) is 0 Å². The number of halogens is 1. The van der Waals surface area contributed by atoms with Crippen LogP contribution in [0.1, 0.15) is 36.1 Å². The topological polar surface area (TPSA) is 67.1 Å². The van der Waals surface area contributed by atoms with Crippen LogP contribution >= 0.6 is 0 Å². The van der Waals surface area contributed by atoms with Gasteiger partial charge in [-0.2, -0.15) is 0 Å². The molecular weight excluding hydrogens is 319 g/mol. The molecule has 1 aromatic carbocycles. The first kappa shape index (κ1) is 17.4. The molecule has 25 heavy (non-hydrogen) atoms. The van der Waals surface area contributed by atoms with Crippen LogP contribution in [0.3, 0.4) is 0 Å². The summed E-state index contributed by atoms with van der Waals surface area (Å²) in [7, 11) is 0. The summed E-state index contributed by atoms with van der Waals surface area (Å²) < 4.78 is 15.3. The van der Waals surface area contributed by atoms with E-state index in [0.717, 1.165) is 67.6 Å². The summed E-state index contributed by atoms with van der Waals surface area (Å²) in [4.78, 5) is 4.61. The lowest BCUT2D eigenvalue weighted by atomic mass is 10.1. The number of aryl methyl sites for hydroxylation is 2. The summed E-state index contributed by atoms with van der Waals surface area (Å²) >= 11 is 0. The van der Waals surface area contributed by atoms with E-state index in [1.54, 1.807) is 6.07 Å². The van der Waals surface area contributed by atoms with Gasteiger partial charge in [0.15, 0.2) is 11.8 Å². The highest BCUT2D eigenvalue weighted by Gasteiger charge is 2.16. The number of aliphatic imine (C=N–C) groups is 1. The number of aromatic nitrogens is 3. The van der Waals surface area contributed by atoms with Crippen LogP contribution in [0.5, 0.6) is 0 Å². The number of benzene rings is 1. The van der Waals surface area contributed by atoms with E-state index in [1.807, 2.05) is 19.9 Å². The molecule has 134 valence electrons. The van der Waals surface area contributed by atoms with Crippen molar-refractivity contribution in [2.24, 2.45) is 4.99 Å². The predicted molar refractivity (Wildman–Crippen MR) is 96.0 cm³/mol. The van der Waals surface area contributed by atoms with Crippen molar-refractivity contribution in [1.82, 2.24) is 25.4 Å². The lowest BCUT2D eigenvalue weighted by Crippen LogP contribution is -2.38. The minimum Gasteiger partial charge on any atom is -0.357 e. The van der Waals surface area contributed by atoms with E-state index in [4.69, 9.17) is 0 Å². The van der Waals surface area contributed by atoms with Crippen molar-refractivity contribution in [2.75, 3.05) is 13.1 Å². The van der Waals surface area contributed by atoms with E-state index in [-0.39, 0.29) is 5.82 Å². The first-order valence-electron chi connectivity index (χ1n) is 8.85. The minimum absolute atomic E-state index is 0.190. The minimum atomic E-state index is -0.190. The van der Waals surface area contributed by atoms with Crippen LogP contribution in [0.15, 0.2) is 23.2 Å². The summed E-state index contributed by atoms with van der Waals surface area (Å²) in [6.07, 6.45) is 2.96. The quantitative estimate of drug-likeness (QED) is 0.621. The van der Waals surface area contributed by atoms with E-state index in [9.17, 15) is 4.39 Å². The van der Waals surface area contributed by atoms with Crippen LogP contribution in [0.25, 0.3) is 0 Å². The number of fused-ring (bicyclic) bond motifs is 1. The molecule has 0 spiro atoms. The molecule has 2 aromatic rings. The smallest absolute Gasteiger partial charge is 0.191 e. The van der Waals surface area contributed by atoms with Crippen LogP contribution in [-0.4, -0.2) is 33.8 Å². The second-order valence-corrected chi connectivity index (χ2v) is 6.23. The van der Waals surface area contributed by atoms with E-state index < -0.39 is 0 Å². The molecule has 0 atom stereocenters. The van der Waals surface area contributed by atoms with Crippen LogP contribution in [-0.2, 0) is 25.9 Å². The summed E-state index contributed by atoms with van der Waals surface area (Å²) in [5.41, 5.74) is 2.11. The Morgan fingerprint density at radius 1 is 1.32 bits per heavy atom. The summed E-state index contributed by atoms with van der Waals surface area (Å²) in [6.45, 7) is 6.99. The number of nitrogens with zero attached hydrogens (tertiary/aromatic N) is 4. The Morgan fingerprint density at radius 2 is 2.20 bits per heavy atom. The number of guanidine groups is 1. The van der Waals surface area contributed by atoms with Gasteiger partial charge in [0, 0.05) is 26.1 Å². The number of hydrogen-bond donors (Lipinski definition) is 2. The largest absolute Gasteiger partial charge is 0.357 e.